The van der Waals surface area contributed by atoms with Crippen LogP contribution in [0.25, 0.3) is 44.7 Å². The van der Waals surface area contributed by atoms with E-state index in [0.717, 1.165) is 95.1 Å². The van der Waals surface area contributed by atoms with Gasteiger partial charge < -0.3 is 9.80 Å². The summed E-state index contributed by atoms with van der Waals surface area (Å²) >= 11 is 0. The van der Waals surface area contributed by atoms with E-state index in [2.05, 4.69) is 94.5 Å². The van der Waals surface area contributed by atoms with Crippen molar-refractivity contribution in [3.63, 3.8) is 0 Å². The van der Waals surface area contributed by atoms with Gasteiger partial charge in [0.1, 0.15) is 23.0 Å². The molecule has 0 spiro atoms. The van der Waals surface area contributed by atoms with Gasteiger partial charge in [0, 0.05) is 49.9 Å². The van der Waals surface area contributed by atoms with Crippen LogP contribution in [-0.4, -0.2) is 90.6 Å². The molecule has 4 aromatic carbocycles. The van der Waals surface area contributed by atoms with Crippen LogP contribution < -0.4 is 0 Å². The van der Waals surface area contributed by atoms with E-state index in [4.69, 9.17) is 0 Å². The number of hydrogen-bond acceptors (Lipinski definition) is 8. The molecule has 0 aliphatic rings. The highest BCUT2D eigenvalue weighted by atomic mass is 16.1. The monoisotopic (exact) mass is 696 g/mol. The van der Waals surface area contributed by atoms with E-state index in [1.165, 1.54) is 0 Å². The van der Waals surface area contributed by atoms with E-state index in [9.17, 15) is 9.59 Å². The fraction of sp³-hybridized carbons (Fsp3) is 0.333. The standard InChI is InChI=1S/C42H48N8O2/c1-5-47(6-2)23-21-39(51)25-31-9-17-37(18-10-31)49-29-41(43-45-49)34-15-13-33-14-16-35(28-36(33)27-34)42-30-50(46-44-42)38-19-11-32(12-20-38)26-40(52)22-24-48(7-3)8-4/h9-20,27-30H,5-8,21-26H2,1-4H3. The Morgan fingerprint density at radius 3 is 1.33 bits per heavy atom. The van der Waals surface area contributed by atoms with Crippen LogP contribution in [0.1, 0.15) is 51.7 Å². The number of benzene rings is 4. The molecule has 0 unspecified atom stereocenters. The Kier molecular flexibility index (Phi) is 12.1. The molecular formula is C42H48N8O2. The van der Waals surface area contributed by atoms with Crippen LogP contribution in [-0.2, 0) is 22.4 Å². The lowest BCUT2D eigenvalue weighted by Crippen LogP contribution is -2.26. The molecule has 52 heavy (non-hydrogen) atoms. The first-order valence-electron chi connectivity index (χ1n) is 18.4. The highest BCUT2D eigenvalue weighted by molar-refractivity contribution is 5.90. The largest absolute Gasteiger partial charge is 0.303 e. The minimum Gasteiger partial charge on any atom is -0.303 e. The van der Waals surface area contributed by atoms with Crippen molar-refractivity contribution in [3.05, 3.63) is 108 Å². The van der Waals surface area contributed by atoms with Gasteiger partial charge in [0.05, 0.1) is 23.8 Å². The highest BCUT2D eigenvalue weighted by Crippen LogP contribution is 2.28. The maximum absolute atomic E-state index is 12.5. The SMILES string of the molecule is CCN(CC)CCC(=O)Cc1ccc(-n2cc(-c3ccc4ccc(-c5cn(-c6ccc(CC(=O)CCN(CC)CC)cc6)nn5)cc4c3)nn2)cc1. The second kappa shape index (κ2) is 17.3. The molecule has 0 saturated heterocycles. The summed E-state index contributed by atoms with van der Waals surface area (Å²) in [5.74, 6) is 0.507. The second-order valence-electron chi connectivity index (χ2n) is 13.2. The molecule has 268 valence electrons. The van der Waals surface area contributed by atoms with Crippen LogP contribution in [0.15, 0.2) is 97.3 Å². The summed E-state index contributed by atoms with van der Waals surface area (Å²) in [5.41, 5.74) is 7.23. The first-order chi connectivity index (χ1) is 25.3. The molecule has 6 rings (SSSR count). The predicted molar refractivity (Wildman–Crippen MR) is 207 cm³/mol. The third-order valence-electron chi connectivity index (χ3n) is 9.83. The van der Waals surface area contributed by atoms with Crippen LogP contribution in [0.4, 0.5) is 0 Å². The lowest BCUT2D eigenvalue weighted by atomic mass is 10.0. The van der Waals surface area contributed by atoms with Gasteiger partial charge in [-0.1, -0.05) is 86.7 Å². The fourth-order valence-electron chi connectivity index (χ4n) is 6.42. The molecule has 0 aliphatic carbocycles. The van der Waals surface area contributed by atoms with Gasteiger partial charge in [0.2, 0.25) is 0 Å². The van der Waals surface area contributed by atoms with Crippen molar-refractivity contribution < 1.29 is 9.59 Å². The summed E-state index contributed by atoms with van der Waals surface area (Å²) in [7, 11) is 0. The normalized spacial score (nSPS) is 11.6. The number of nitrogens with zero attached hydrogens (tertiary/aromatic N) is 8. The molecule has 0 aliphatic heterocycles. The van der Waals surface area contributed by atoms with Gasteiger partial charge in [-0.3, -0.25) is 9.59 Å². The van der Waals surface area contributed by atoms with Gasteiger partial charge in [-0.15, -0.1) is 10.2 Å². The minimum absolute atomic E-state index is 0.254. The molecule has 0 saturated carbocycles. The van der Waals surface area contributed by atoms with E-state index < -0.39 is 0 Å². The van der Waals surface area contributed by atoms with E-state index in [1.807, 2.05) is 60.9 Å². The van der Waals surface area contributed by atoms with E-state index in [0.29, 0.717) is 25.7 Å². The van der Waals surface area contributed by atoms with Crippen molar-refractivity contribution in [1.82, 2.24) is 39.8 Å². The Hall–Kier alpha value is -5.32. The average molecular weight is 697 g/mol. The number of aromatic nitrogens is 6. The molecule has 0 N–H and O–H groups in total. The van der Waals surface area contributed by atoms with E-state index >= 15 is 0 Å². The third kappa shape index (κ3) is 9.12. The Morgan fingerprint density at radius 1 is 0.538 bits per heavy atom. The van der Waals surface area contributed by atoms with Gasteiger partial charge in [-0.25, -0.2) is 9.36 Å². The smallest absolute Gasteiger partial charge is 0.138 e. The van der Waals surface area contributed by atoms with Crippen molar-refractivity contribution in [2.45, 2.75) is 53.4 Å². The van der Waals surface area contributed by atoms with Gasteiger partial charge in [0.25, 0.3) is 0 Å². The highest BCUT2D eigenvalue weighted by Gasteiger charge is 2.12. The molecular weight excluding hydrogens is 649 g/mol. The lowest BCUT2D eigenvalue weighted by Gasteiger charge is -2.17. The molecule has 0 atom stereocenters. The van der Waals surface area contributed by atoms with Crippen molar-refractivity contribution >= 4 is 22.3 Å². The van der Waals surface area contributed by atoms with E-state index in [1.54, 1.807) is 9.36 Å². The average Bonchev–Trinajstić information content (AvgIpc) is 3.88. The maximum atomic E-state index is 12.5. The molecule has 0 bridgehead atoms. The molecule has 10 heteroatoms. The third-order valence-corrected chi connectivity index (χ3v) is 9.83. The number of hydrogen-bond donors (Lipinski definition) is 0. The number of Topliss-reactive ketones (excluding diaryl/α,β-unsaturated/α-hetero) is 2. The first kappa shape index (κ1) is 36.5. The molecule has 0 amide bonds. The van der Waals surface area contributed by atoms with Gasteiger partial charge in [-0.2, -0.15) is 0 Å². The summed E-state index contributed by atoms with van der Waals surface area (Å²) in [4.78, 5) is 29.6. The number of rotatable bonds is 18. The Morgan fingerprint density at radius 2 is 0.942 bits per heavy atom. The number of ketones is 2. The van der Waals surface area contributed by atoms with Crippen molar-refractivity contribution in [1.29, 1.82) is 0 Å². The fourth-order valence-corrected chi connectivity index (χ4v) is 6.42. The van der Waals surface area contributed by atoms with Gasteiger partial charge in [-0.05, 0) is 84.5 Å². The summed E-state index contributed by atoms with van der Waals surface area (Å²) in [6, 6.07) is 28.4. The minimum atomic E-state index is 0.254. The van der Waals surface area contributed by atoms with Gasteiger partial charge >= 0.3 is 0 Å². The molecule has 6 aromatic rings. The molecule has 2 heterocycles. The lowest BCUT2D eigenvalue weighted by molar-refractivity contribution is -0.119. The van der Waals surface area contributed by atoms with Crippen LogP contribution in [0.5, 0.6) is 0 Å². The zero-order valence-corrected chi connectivity index (χ0v) is 30.7. The Balaban J connectivity index is 1.10. The topological polar surface area (TPSA) is 102 Å². The van der Waals surface area contributed by atoms with Crippen molar-refractivity contribution in [3.8, 4) is 33.9 Å². The zero-order chi connectivity index (χ0) is 36.5. The van der Waals surface area contributed by atoms with E-state index in [-0.39, 0.29) is 11.6 Å². The summed E-state index contributed by atoms with van der Waals surface area (Å²) < 4.78 is 3.52. The number of fused-ring (bicyclic) bond motifs is 1. The Labute approximate surface area is 306 Å². The molecule has 2 aromatic heterocycles. The summed E-state index contributed by atoms with van der Waals surface area (Å²) in [6.07, 6.45) is 5.87. The quantitative estimate of drug-likeness (QED) is 0.0945. The molecule has 0 radical (unpaired) electrons. The van der Waals surface area contributed by atoms with Crippen LogP contribution in [0, 0.1) is 0 Å². The predicted octanol–water partition coefficient (Wildman–Crippen LogP) is 7.02. The van der Waals surface area contributed by atoms with Crippen LogP contribution in [0.2, 0.25) is 0 Å². The maximum Gasteiger partial charge on any atom is 0.138 e. The summed E-state index contributed by atoms with van der Waals surface area (Å²) in [6.45, 7) is 14.0. The van der Waals surface area contributed by atoms with Crippen molar-refractivity contribution in [2.24, 2.45) is 0 Å². The van der Waals surface area contributed by atoms with Crippen LogP contribution in [0.3, 0.4) is 0 Å². The van der Waals surface area contributed by atoms with Crippen LogP contribution >= 0.6 is 0 Å². The number of carbonyl (C=O) groups is 2. The summed E-state index contributed by atoms with van der Waals surface area (Å²) in [5, 5.41) is 19.9. The second-order valence-corrected chi connectivity index (χ2v) is 13.2. The number of carbonyl (C=O) groups excluding carboxylic acids is 2. The molecule has 0 fully saturated rings. The Bertz CT molecular complexity index is 1940. The first-order valence-corrected chi connectivity index (χ1v) is 18.4. The zero-order valence-electron chi connectivity index (χ0n) is 30.7. The van der Waals surface area contributed by atoms with Crippen molar-refractivity contribution in [2.75, 3.05) is 39.3 Å². The van der Waals surface area contributed by atoms with Gasteiger partial charge in [0.15, 0.2) is 0 Å². The molecule has 10 nitrogen and oxygen atoms in total.